The summed E-state index contributed by atoms with van der Waals surface area (Å²) >= 11 is 1.79. The third-order valence-corrected chi connectivity index (χ3v) is 4.65. The van der Waals surface area contributed by atoms with E-state index in [-0.39, 0.29) is 5.97 Å². The van der Waals surface area contributed by atoms with Gasteiger partial charge in [-0.3, -0.25) is 4.79 Å². The summed E-state index contributed by atoms with van der Waals surface area (Å²) in [5, 5.41) is 3.09. The lowest BCUT2D eigenvalue weighted by Crippen LogP contribution is -2.49. The van der Waals surface area contributed by atoms with E-state index in [0.29, 0.717) is 6.61 Å². The number of hydrogen-bond donors (Lipinski definition) is 1. The minimum absolute atomic E-state index is 0.177. The van der Waals surface area contributed by atoms with Gasteiger partial charge in [-0.25, -0.2) is 0 Å². The van der Waals surface area contributed by atoms with Gasteiger partial charge in [-0.2, -0.15) is 0 Å². The molecule has 0 aliphatic heterocycles. The number of nitrogens with one attached hydrogen (secondary N) is 1. The molecule has 4 heteroatoms. The Labute approximate surface area is 126 Å². The van der Waals surface area contributed by atoms with Crippen molar-refractivity contribution in [1.82, 2.24) is 5.32 Å². The van der Waals surface area contributed by atoms with Crippen molar-refractivity contribution in [3.63, 3.8) is 0 Å². The van der Waals surface area contributed by atoms with Crippen LogP contribution in [0.1, 0.15) is 31.4 Å². The zero-order chi connectivity index (χ0) is 15.2. The fourth-order valence-corrected chi connectivity index (χ4v) is 3.13. The molecule has 1 N–H and O–H groups in total. The lowest BCUT2D eigenvalue weighted by atomic mass is 10.00. The van der Waals surface area contributed by atoms with E-state index >= 15 is 0 Å². The quantitative estimate of drug-likeness (QED) is 0.618. The topological polar surface area (TPSA) is 38.3 Å². The van der Waals surface area contributed by atoms with Crippen LogP contribution in [0, 0.1) is 13.8 Å². The molecule has 0 amide bonds. The minimum atomic E-state index is -0.610. The van der Waals surface area contributed by atoms with Gasteiger partial charge < -0.3 is 10.1 Å². The highest BCUT2D eigenvalue weighted by Crippen LogP contribution is 2.26. The lowest BCUT2D eigenvalue weighted by molar-refractivity contribution is -0.150. The molecule has 0 aliphatic rings. The van der Waals surface area contributed by atoms with E-state index < -0.39 is 5.54 Å². The summed E-state index contributed by atoms with van der Waals surface area (Å²) in [7, 11) is 1.80. The molecule has 0 heterocycles. The molecule has 0 bridgehead atoms. The lowest BCUT2D eigenvalue weighted by Gasteiger charge is -2.26. The number of carbonyl (C=O) groups excluding carboxylic acids is 1. The molecule has 1 aromatic rings. The van der Waals surface area contributed by atoms with Crippen LogP contribution >= 0.6 is 11.8 Å². The average Bonchev–Trinajstić information content (AvgIpc) is 2.41. The standard InChI is InChI=1S/C16H25NO2S/c1-6-19-15(18)16(4,17-5)9-10-20-14-8-7-12(2)11-13(14)3/h7-8,11,17H,6,9-10H2,1-5H3. The van der Waals surface area contributed by atoms with E-state index in [1.54, 1.807) is 18.8 Å². The van der Waals surface area contributed by atoms with Crippen LogP contribution in [0.5, 0.6) is 0 Å². The highest BCUT2D eigenvalue weighted by atomic mass is 32.2. The number of aryl methyl sites for hydroxylation is 2. The van der Waals surface area contributed by atoms with Crippen molar-refractivity contribution in [2.75, 3.05) is 19.4 Å². The van der Waals surface area contributed by atoms with Crippen molar-refractivity contribution < 1.29 is 9.53 Å². The van der Waals surface area contributed by atoms with Crippen molar-refractivity contribution >= 4 is 17.7 Å². The van der Waals surface area contributed by atoms with Gasteiger partial charge in [-0.15, -0.1) is 11.8 Å². The first kappa shape index (κ1) is 17.1. The fourth-order valence-electron chi connectivity index (χ4n) is 1.95. The molecule has 0 spiro atoms. The molecule has 0 fully saturated rings. The Hall–Kier alpha value is -1.00. The summed E-state index contributed by atoms with van der Waals surface area (Å²) in [6.07, 6.45) is 0.736. The highest BCUT2D eigenvalue weighted by molar-refractivity contribution is 7.99. The van der Waals surface area contributed by atoms with E-state index in [9.17, 15) is 4.79 Å². The third kappa shape index (κ3) is 4.53. The van der Waals surface area contributed by atoms with Crippen molar-refractivity contribution in [2.45, 2.75) is 44.6 Å². The van der Waals surface area contributed by atoms with Crippen LogP contribution in [-0.2, 0) is 9.53 Å². The molecule has 0 saturated heterocycles. The van der Waals surface area contributed by atoms with Crippen molar-refractivity contribution in [1.29, 1.82) is 0 Å². The molecular weight excluding hydrogens is 270 g/mol. The predicted octanol–water partition coefficient (Wildman–Crippen LogP) is 3.33. The molecule has 1 rings (SSSR count). The van der Waals surface area contributed by atoms with Crippen LogP contribution in [0.2, 0.25) is 0 Å². The second-order valence-electron chi connectivity index (χ2n) is 5.17. The molecule has 0 radical (unpaired) electrons. The van der Waals surface area contributed by atoms with Crippen LogP contribution in [-0.4, -0.2) is 30.9 Å². The van der Waals surface area contributed by atoms with Crippen molar-refractivity contribution in [2.24, 2.45) is 0 Å². The summed E-state index contributed by atoms with van der Waals surface area (Å²) in [5.41, 5.74) is 1.96. The van der Waals surface area contributed by atoms with Crippen LogP contribution < -0.4 is 5.32 Å². The number of thioether (sulfide) groups is 1. The highest BCUT2D eigenvalue weighted by Gasteiger charge is 2.32. The monoisotopic (exact) mass is 295 g/mol. The first-order chi connectivity index (χ1) is 9.42. The second-order valence-corrected chi connectivity index (χ2v) is 6.31. The van der Waals surface area contributed by atoms with Gasteiger partial charge in [-0.1, -0.05) is 17.7 Å². The van der Waals surface area contributed by atoms with Gasteiger partial charge in [0.25, 0.3) is 0 Å². The molecule has 1 atom stereocenters. The Balaban J connectivity index is 2.59. The van der Waals surface area contributed by atoms with E-state index in [4.69, 9.17) is 4.74 Å². The SMILES string of the molecule is CCOC(=O)C(C)(CCSc1ccc(C)cc1C)NC. The van der Waals surface area contributed by atoms with Gasteiger partial charge in [0.05, 0.1) is 6.61 Å². The summed E-state index contributed by atoms with van der Waals surface area (Å²) in [6, 6.07) is 6.46. The van der Waals surface area contributed by atoms with Gasteiger partial charge in [0, 0.05) is 10.6 Å². The largest absolute Gasteiger partial charge is 0.465 e. The zero-order valence-electron chi connectivity index (χ0n) is 13.1. The first-order valence-corrected chi connectivity index (χ1v) is 7.97. The van der Waals surface area contributed by atoms with Crippen molar-refractivity contribution in [3.8, 4) is 0 Å². The summed E-state index contributed by atoms with van der Waals surface area (Å²) in [4.78, 5) is 13.2. The number of benzene rings is 1. The van der Waals surface area contributed by atoms with E-state index in [1.165, 1.54) is 16.0 Å². The number of carbonyl (C=O) groups is 1. The van der Waals surface area contributed by atoms with Gasteiger partial charge in [0.2, 0.25) is 0 Å². The number of rotatable bonds is 7. The molecule has 1 unspecified atom stereocenters. The smallest absolute Gasteiger partial charge is 0.326 e. The molecule has 1 aromatic carbocycles. The zero-order valence-corrected chi connectivity index (χ0v) is 13.9. The molecule has 0 aliphatic carbocycles. The maximum absolute atomic E-state index is 12.0. The predicted molar refractivity (Wildman–Crippen MR) is 85.4 cm³/mol. The second kappa shape index (κ2) is 7.70. The Morgan fingerprint density at radius 1 is 1.40 bits per heavy atom. The number of ether oxygens (including phenoxy) is 1. The molecule has 112 valence electrons. The van der Waals surface area contributed by atoms with E-state index in [2.05, 4.69) is 37.4 Å². The normalized spacial score (nSPS) is 13.8. The molecule has 3 nitrogen and oxygen atoms in total. The molecular formula is C16H25NO2S. The van der Waals surface area contributed by atoms with Crippen LogP contribution in [0.15, 0.2) is 23.1 Å². The Morgan fingerprint density at radius 2 is 2.10 bits per heavy atom. The van der Waals surface area contributed by atoms with E-state index in [1.807, 2.05) is 13.8 Å². The number of likely N-dealkylation sites (N-methyl/N-ethyl adjacent to an activating group) is 1. The van der Waals surface area contributed by atoms with Gasteiger partial charge in [0.15, 0.2) is 0 Å². The average molecular weight is 295 g/mol. The van der Waals surface area contributed by atoms with Gasteiger partial charge >= 0.3 is 5.97 Å². The minimum Gasteiger partial charge on any atom is -0.465 e. The molecule has 20 heavy (non-hydrogen) atoms. The fraction of sp³-hybridized carbons (Fsp3) is 0.562. The summed E-state index contributed by atoms with van der Waals surface area (Å²) in [6.45, 7) is 8.37. The Bertz CT molecular complexity index is 462. The maximum atomic E-state index is 12.0. The van der Waals surface area contributed by atoms with Crippen LogP contribution in [0.4, 0.5) is 0 Å². The number of esters is 1. The third-order valence-electron chi connectivity index (χ3n) is 3.47. The summed E-state index contributed by atoms with van der Waals surface area (Å²) in [5.74, 6) is 0.698. The first-order valence-electron chi connectivity index (χ1n) is 6.99. The van der Waals surface area contributed by atoms with Crippen LogP contribution in [0.25, 0.3) is 0 Å². The molecule has 0 aromatic heterocycles. The van der Waals surface area contributed by atoms with Gasteiger partial charge in [-0.05, 0) is 52.8 Å². The van der Waals surface area contributed by atoms with Crippen LogP contribution in [0.3, 0.4) is 0 Å². The Kier molecular flexibility index (Phi) is 6.56. The van der Waals surface area contributed by atoms with Crippen molar-refractivity contribution in [3.05, 3.63) is 29.3 Å². The summed E-state index contributed by atoms with van der Waals surface area (Å²) < 4.78 is 5.13. The molecule has 0 saturated carbocycles. The van der Waals surface area contributed by atoms with Gasteiger partial charge in [0.1, 0.15) is 5.54 Å². The van der Waals surface area contributed by atoms with E-state index in [0.717, 1.165) is 12.2 Å². The maximum Gasteiger partial charge on any atom is 0.326 e. The number of hydrogen-bond acceptors (Lipinski definition) is 4. The Morgan fingerprint density at radius 3 is 2.65 bits per heavy atom.